The van der Waals surface area contributed by atoms with Gasteiger partial charge in [0.1, 0.15) is 11.6 Å². The Bertz CT molecular complexity index is 874. The van der Waals surface area contributed by atoms with Crippen LogP contribution in [0.15, 0.2) is 48.5 Å². The van der Waals surface area contributed by atoms with E-state index < -0.39 is 6.10 Å². The quantitative estimate of drug-likeness (QED) is 0.733. The summed E-state index contributed by atoms with van der Waals surface area (Å²) in [7, 11) is 0. The van der Waals surface area contributed by atoms with Crippen molar-refractivity contribution in [3.8, 4) is 5.75 Å². The number of aromatic nitrogens is 2. The molecule has 6 heteroatoms. The van der Waals surface area contributed by atoms with Crippen molar-refractivity contribution in [2.45, 2.75) is 26.5 Å². The Morgan fingerprint density at radius 1 is 1.24 bits per heavy atom. The Morgan fingerprint density at radius 3 is 2.72 bits per heavy atom. The Morgan fingerprint density at radius 2 is 1.96 bits per heavy atom. The SMILES string of the molecule is Cc1nc2ccccc2n1CCNC(=O)[C@@H](C)Oc1ccc(Cl)cc1. The predicted octanol–water partition coefficient (Wildman–Crippen LogP) is 3.58. The number of imidazole rings is 1. The monoisotopic (exact) mass is 357 g/mol. The second-order valence-electron chi connectivity index (χ2n) is 5.80. The molecule has 1 heterocycles. The minimum absolute atomic E-state index is 0.156. The first-order chi connectivity index (χ1) is 12.0. The molecule has 0 aliphatic rings. The van der Waals surface area contributed by atoms with Crippen molar-refractivity contribution in [3.63, 3.8) is 0 Å². The van der Waals surface area contributed by atoms with Gasteiger partial charge in [-0.15, -0.1) is 0 Å². The van der Waals surface area contributed by atoms with Crippen LogP contribution in [0.25, 0.3) is 11.0 Å². The van der Waals surface area contributed by atoms with Crippen LogP contribution in [-0.4, -0.2) is 28.1 Å². The molecule has 130 valence electrons. The van der Waals surface area contributed by atoms with Crippen LogP contribution in [0.2, 0.25) is 5.02 Å². The molecular weight excluding hydrogens is 338 g/mol. The van der Waals surface area contributed by atoms with Crippen LogP contribution in [0.1, 0.15) is 12.7 Å². The summed E-state index contributed by atoms with van der Waals surface area (Å²) < 4.78 is 7.72. The van der Waals surface area contributed by atoms with Crippen LogP contribution in [0.4, 0.5) is 0 Å². The molecule has 3 aromatic rings. The highest BCUT2D eigenvalue weighted by Crippen LogP contribution is 2.17. The van der Waals surface area contributed by atoms with Crippen molar-refractivity contribution in [2.24, 2.45) is 0 Å². The van der Waals surface area contributed by atoms with Crippen molar-refractivity contribution < 1.29 is 9.53 Å². The smallest absolute Gasteiger partial charge is 0.260 e. The number of fused-ring (bicyclic) bond motifs is 1. The summed E-state index contributed by atoms with van der Waals surface area (Å²) in [6.07, 6.45) is -0.582. The van der Waals surface area contributed by atoms with Gasteiger partial charge in [-0.2, -0.15) is 0 Å². The molecule has 2 aromatic carbocycles. The average molecular weight is 358 g/mol. The van der Waals surface area contributed by atoms with Gasteiger partial charge < -0.3 is 14.6 Å². The summed E-state index contributed by atoms with van der Waals surface area (Å²) in [4.78, 5) is 16.7. The van der Waals surface area contributed by atoms with Crippen molar-refractivity contribution in [1.82, 2.24) is 14.9 Å². The van der Waals surface area contributed by atoms with E-state index in [1.54, 1.807) is 31.2 Å². The van der Waals surface area contributed by atoms with Crippen LogP contribution in [0.3, 0.4) is 0 Å². The molecular formula is C19H20ClN3O2. The molecule has 0 spiro atoms. The van der Waals surface area contributed by atoms with Gasteiger partial charge in [0.2, 0.25) is 0 Å². The molecule has 1 atom stereocenters. The van der Waals surface area contributed by atoms with Crippen molar-refractivity contribution in [1.29, 1.82) is 0 Å². The lowest BCUT2D eigenvalue weighted by atomic mass is 10.3. The highest BCUT2D eigenvalue weighted by molar-refractivity contribution is 6.30. The molecule has 1 N–H and O–H groups in total. The van der Waals surface area contributed by atoms with Gasteiger partial charge in [0.05, 0.1) is 11.0 Å². The fraction of sp³-hybridized carbons (Fsp3) is 0.263. The van der Waals surface area contributed by atoms with E-state index in [0.29, 0.717) is 23.9 Å². The predicted molar refractivity (Wildman–Crippen MR) is 99.0 cm³/mol. The third-order valence-electron chi connectivity index (χ3n) is 3.98. The number of para-hydroxylation sites is 2. The van der Waals surface area contributed by atoms with E-state index in [9.17, 15) is 4.79 Å². The topological polar surface area (TPSA) is 56.2 Å². The highest BCUT2D eigenvalue weighted by atomic mass is 35.5. The molecule has 0 unspecified atom stereocenters. The van der Waals surface area contributed by atoms with E-state index in [1.807, 2.05) is 31.2 Å². The summed E-state index contributed by atoms with van der Waals surface area (Å²) in [5.41, 5.74) is 2.03. The van der Waals surface area contributed by atoms with Crippen molar-refractivity contribution >= 4 is 28.5 Å². The van der Waals surface area contributed by atoms with Gasteiger partial charge >= 0.3 is 0 Å². The Labute approximate surface area is 151 Å². The molecule has 0 fully saturated rings. The van der Waals surface area contributed by atoms with E-state index >= 15 is 0 Å². The minimum Gasteiger partial charge on any atom is -0.481 e. The lowest BCUT2D eigenvalue weighted by Crippen LogP contribution is -2.38. The van der Waals surface area contributed by atoms with E-state index in [1.165, 1.54) is 0 Å². The summed E-state index contributed by atoms with van der Waals surface area (Å²) in [6.45, 7) is 4.86. The maximum atomic E-state index is 12.2. The van der Waals surface area contributed by atoms with Gasteiger partial charge in [0.25, 0.3) is 5.91 Å². The first kappa shape index (κ1) is 17.3. The molecule has 5 nitrogen and oxygen atoms in total. The second kappa shape index (κ2) is 7.57. The van der Waals surface area contributed by atoms with Crippen LogP contribution in [0.5, 0.6) is 5.75 Å². The zero-order valence-electron chi connectivity index (χ0n) is 14.2. The third-order valence-corrected chi connectivity index (χ3v) is 4.23. The lowest BCUT2D eigenvalue weighted by molar-refractivity contribution is -0.127. The Hall–Kier alpha value is -2.53. The van der Waals surface area contributed by atoms with E-state index in [2.05, 4.69) is 14.9 Å². The maximum Gasteiger partial charge on any atom is 0.260 e. The van der Waals surface area contributed by atoms with Crippen LogP contribution in [-0.2, 0) is 11.3 Å². The number of halogens is 1. The molecule has 0 bridgehead atoms. The van der Waals surface area contributed by atoms with E-state index in [4.69, 9.17) is 16.3 Å². The van der Waals surface area contributed by atoms with Gasteiger partial charge in [0.15, 0.2) is 6.10 Å². The van der Waals surface area contributed by atoms with Crippen LogP contribution < -0.4 is 10.1 Å². The zero-order valence-corrected chi connectivity index (χ0v) is 15.0. The molecule has 1 amide bonds. The summed E-state index contributed by atoms with van der Waals surface area (Å²) in [5.74, 6) is 1.39. The molecule has 0 radical (unpaired) electrons. The van der Waals surface area contributed by atoms with E-state index in [0.717, 1.165) is 16.9 Å². The molecule has 1 aromatic heterocycles. The van der Waals surface area contributed by atoms with Gasteiger partial charge in [-0.25, -0.2) is 4.98 Å². The van der Waals surface area contributed by atoms with Crippen LogP contribution >= 0.6 is 11.6 Å². The first-order valence-electron chi connectivity index (χ1n) is 8.16. The van der Waals surface area contributed by atoms with Gasteiger partial charge in [0, 0.05) is 18.1 Å². The Kier molecular flexibility index (Phi) is 5.24. The summed E-state index contributed by atoms with van der Waals surface area (Å²) in [5, 5.41) is 3.54. The van der Waals surface area contributed by atoms with Crippen molar-refractivity contribution in [3.05, 3.63) is 59.4 Å². The van der Waals surface area contributed by atoms with Gasteiger partial charge in [-0.1, -0.05) is 23.7 Å². The molecule has 0 aliphatic carbocycles. The summed E-state index contributed by atoms with van der Waals surface area (Å²) >= 11 is 5.84. The van der Waals surface area contributed by atoms with E-state index in [-0.39, 0.29) is 5.91 Å². The molecule has 0 aliphatic heterocycles. The van der Waals surface area contributed by atoms with Crippen molar-refractivity contribution in [2.75, 3.05) is 6.54 Å². The summed E-state index contributed by atoms with van der Waals surface area (Å²) in [6, 6.07) is 14.9. The fourth-order valence-corrected chi connectivity index (χ4v) is 2.81. The largest absolute Gasteiger partial charge is 0.481 e. The number of nitrogens with one attached hydrogen (secondary N) is 1. The number of carbonyl (C=O) groups excluding carboxylic acids is 1. The first-order valence-corrected chi connectivity index (χ1v) is 8.54. The van der Waals surface area contributed by atoms with Crippen LogP contribution in [0, 0.1) is 6.92 Å². The van der Waals surface area contributed by atoms with Gasteiger partial charge in [-0.05, 0) is 50.2 Å². The molecule has 3 rings (SSSR count). The number of benzene rings is 2. The lowest BCUT2D eigenvalue weighted by Gasteiger charge is -2.15. The third kappa shape index (κ3) is 4.12. The number of hydrogen-bond donors (Lipinski definition) is 1. The molecule has 0 saturated carbocycles. The number of hydrogen-bond acceptors (Lipinski definition) is 3. The normalized spacial score (nSPS) is 12.1. The number of carbonyl (C=O) groups is 1. The maximum absolute atomic E-state index is 12.2. The number of nitrogens with zero attached hydrogens (tertiary/aromatic N) is 2. The number of aryl methyl sites for hydroxylation is 1. The minimum atomic E-state index is -0.582. The zero-order chi connectivity index (χ0) is 17.8. The number of rotatable bonds is 6. The number of amides is 1. The Balaban J connectivity index is 1.55. The van der Waals surface area contributed by atoms with Gasteiger partial charge in [-0.3, -0.25) is 4.79 Å². The molecule has 25 heavy (non-hydrogen) atoms. The molecule has 0 saturated heterocycles. The second-order valence-corrected chi connectivity index (χ2v) is 6.24. The fourth-order valence-electron chi connectivity index (χ4n) is 2.68. The average Bonchev–Trinajstić information content (AvgIpc) is 2.92. The highest BCUT2D eigenvalue weighted by Gasteiger charge is 2.14. The number of ether oxygens (including phenoxy) is 1. The standard InChI is InChI=1S/C19H20ClN3O2/c1-13(25-16-9-7-15(20)8-10-16)19(24)21-11-12-23-14(2)22-17-5-3-4-6-18(17)23/h3-10,13H,11-12H2,1-2H3,(H,21,24)/t13-/m1/s1.